The lowest BCUT2D eigenvalue weighted by atomic mass is 9.73. The van der Waals surface area contributed by atoms with Gasteiger partial charge in [0.2, 0.25) is 0 Å². The molecule has 1 aromatic heterocycles. The van der Waals surface area contributed by atoms with Crippen LogP contribution in [0.3, 0.4) is 0 Å². The van der Waals surface area contributed by atoms with Gasteiger partial charge in [-0.05, 0) is 51.2 Å². The number of hydrogen-bond donors (Lipinski definition) is 2. The number of hydrogen-bond acceptors (Lipinski definition) is 8. The number of carbonyl (C=O) groups excluding carboxylic acids is 2. The molecule has 2 fully saturated rings. The van der Waals surface area contributed by atoms with Gasteiger partial charge < -0.3 is 19.7 Å². The maximum absolute atomic E-state index is 13.2. The average molecular weight is 508 g/mol. The highest BCUT2D eigenvalue weighted by Gasteiger charge is 2.53. The van der Waals surface area contributed by atoms with Gasteiger partial charge in [-0.3, -0.25) is 9.59 Å². The third-order valence-electron chi connectivity index (χ3n) is 7.93. The number of cyclic esters (lactones) is 1. The van der Waals surface area contributed by atoms with E-state index < -0.39 is 35.6 Å². The molecule has 0 bridgehead atoms. The topological polar surface area (TPSA) is 109 Å². The molecule has 1 aromatic rings. The lowest BCUT2D eigenvalue weighted by molar-refractivity contribution is -0.154. The number of carbonyl (C=O) groups is 2. The van der Waals surface area contributed by atoms with E-state index in [0.717, 1.165) is 35.5 Å². The molecule has 3 rings (SSSR count). The Morgan fingerprint density at radius 2 is 1.91 bits per heavy atom. The summed E-state index contributed by atoms with van der Waals surface area (Å²) in [6.45, 7) is 12.8. The third kappa shape index (κ3) is 6.59. The van der Waals surface area contributed by atoms with E-state index in [1.165, 1.54) is 0 Å². The molecule has 0 radical (unpaired) electrons. The van der Waals surface area contributed by atoms with Crippen molar-refractivity contribution in [1.82, 2.24) is 4.98 Å². The van der Waals surface area contributed by atoms with Crippen LogP contribution in [0.5, 0.6) is 0 Å². The summed E-state index contributed by atoms with van der Waals surface area (Å²) in [4.78, 5) is 30.6. The number of esters is 1. The van der Waals surface area contributed by atoms with Gasteiger partial charge in [0.05, 0.1) is 46.5 Å². The van der Waals surface area contributed by atoms with Gasteiger partial charge in [0, 0.05) is 17.7 Å². The molecule has 2 aliphatic rings. The Morgan fingerprint density at radius 1 is 1.23 bits per heavy atom. The number of fused-ring (bicyclic) bond motifs is 1. The van der Waals surface area contributed by atoms with Crippen LogP contribution in [-0.4, -0.2) is 57.0 Å². The van der Waals surface area contributed by atoms with E-state index in [4.69, 9.17) is 9.47 Å². The zero-order chi connectivity index (χ0) is 26.1. The van der Waals surface area contributed by atoms with Crippen molar-refractivity contribution < 1.29 is 29.3 Å². The van der Waals surface area contributed by atoms with E-state index in [-0.39, 0.29) is 29.8 Å². The summed E-state index contributed by atoms with van der Waals surface area (Å²) in [7, 11) is 0. The summed E-state index contributed by atoms with van der Waals surface area (Å²) in [5.41, 5.74) is 0.179. The zero-order valence-corrected chi connectivity index (χ0v) is 22.9. The van der Waals surface area contributed by atoms with Gasteiger partial charge in [0.15, 0.2) is 0 Å². The van der Waals surface area contributed by atoms with Crippen LogP contribution >= 0.6 is 11.3 Å². The highest BCUT2D eigenvalue weighted by Crippen LogP contribution is 2.45. The molecule has 7 atom stereocenters. The molecule has 2 aliphatic heterocycles. The molecule has 6 unspecified atom stereocenters. The maximum atomic E-state index is 13.2. The highest BCUT2D eigenvalue weighted by molar-refractivity contribution is 7.09. The second-order valence-corrected chi connectivity index (χ2v) is 12.3. The number of ether oxygens (including phenoxy) is 2. The first-order chi connectivity index (χ1) is 16.2. The summed E-state index contributed by atoms with van der Waals surface area (Å²) < 4.78 is 11.9. The van der Waals surface area contributed by atoms with Crippen LogP contribution in [0.25, 0.3) is 6.08 Å². The number of ketones is 1. The standard InChI is InChI=1S/C27H41NO6S/c1-15-9-8-10-27(7)22(34-27)12-20(16(2)11-19-14-35-18(4)28-19)33-23(30)13-21(29)26(5,6)25(32)17(3)24(15)31/h11,14-15,17,20-22,24,29,31H,8-10,12-13H2,1-7H3/b16-11+/t15?,17?,20?,21-,22?,24?,27?/m0/s1. The molecule has 8 heteroatoms. The molecule has 35 heavy (non-hydrogen) atoms. The third-order valence-corrected chi connectivity index (χ3v) is 8.72. The van der Waals surface area contributed by atoms with Crippen LogP contribution in [0.4, 0.5) is 0 Å². The second-order valence-electron chi connectivity index (χ2n) is 11.3. The van der Waals surface area contributed by atoms with E-state index in [2.05, 4.69) is 11.9 Å². The fourth-order valence-electron chi connectivity index (χ4n) is 5.07. The van der Waals surface area contributed by atoms with Gasteiger partial charge in [-0.15, -0.1) is 11.3 Å². The first-order valence-corrected chi connectivity index (χ1v) is 13.5. The Bertz CT molecular complexity index is 955. The number of aromatic nitrogens is 1. The van der Waals surface area contributed by atoms with Crippen LogP contribution in [0.15, 0.2) is 11.0 Å². The van der Waals surface area contributed by atoms with Crippen LogP contribution < -0.4 is 0 Å². The van der Waals surface area contributed by atoms with E-state index in [0.29, 0.717) is 6.42 Å². The van der Waals surface area contributed by atoms with Crippen LogP contribution in [0.2, 0.25) is 0 Å². The smallest absolute Gasteiger partial charge is 0.309 e. The largest absolute Gasteiger partial charge is 0.458 e. The molecule has 3 heterocycles. The summed E-state index contributed by atoms with van der Waals surface area (Å²) in [6, 6.07) is 0. The van der Waals surface area contributed by atoms with Crippen molar-refractivity contribution in [2.24, 2.45) is 17.3 Å². The number of epoxide rings is 1. The number of aryl methyl sites for hydroxylation is 1. The average Bonchev–Trinajstić information content (AvgIpc) is 3.22. The van der Waals surface area contributed by atoms with Gasteiger partial charge in [-0.1, -0.05) is 34.1 Å². The van der Waals surface area contributed by atoms with Crippen LogP contribution in [0.1, 0.15) is 84.3 Å². The highest BCUT2D eigenvalue weighted by atomic mass is 32.1. The summed E-state index contributed by atoms with van der Waals surface area (Å²) in [6.07, 6.45) is 1.98. The minimum absolute atomic E-state index is 0.0455. The number of nitrogens with zero attached hydrogens (tertiary/aromatic N) is 1. The van der Waals surface area contributed by atoms with Gasteiger partial charge in [0.1, 0.15) is 11.9 Å². The van der Waals surface area contributed by atoms with Gasteiger partial charge in [0.25, 0.3) is 0 Å². The van der Waals surface area contributed by atoms with Crippen molar-refractivity contribution in [3.8, 4) is 0 Å². The van der Waals surface area contributed by atoms with E-state index in [1.54, 1.807) is 32.1 Å². The fraction of sp³-hybridized carbons (Fsp3) is 0.741. The van der Waals surface area contributed by atoms with Crippen molar-refractivity contribution in [3.63, 3.8) is 0 Å². The maximum Gasteiger partial charge on any atom is 0.309 e. The molecule has 2 saturated heterocycles. The Labute approximate surface area is 212 Å². The molecular weight excluding hydrogens is 466 g/mol. The summed E-state index contributed by atoms with van der Waals surface area (Å²) in [5.74, 6) is -1.55. The fourth-order valence-corrected chi connectivity index (χ4v) is 5.64. The minimum atomic E-state index is -1.23. The second kappa shape index (κ2) is 10.8. The van der Waals surface area contributed by atoms with Crippen molar-refractivity contribution in [1.29, 1.82) is 0 Å². The number of thiazole rings is 1. The Kier molecular flexibility index (Phi) is 8.62. The van der Waals surface area contributed by atoms with Crippen LogP contribution in [0, 0.1) is 24.2 Å². The first kappa shape index (κ1) is 28.0. The van der Waals surface area contributed by atoms with Gasteiger partial charge >= 0.3 is 5.97 Å². The number of Topliss-reactive ketones (excluding diaryl/α,β-unsaturated/α-hetero) is 1. The molecule has 0 saturated carbocycles. The predicted octanol–water partition coefficient (Wildman–Crippen LogP) is 4.48. The van der Waals surface area contributed by atoms with Crippen LogP contribution in [-0.2, 0) is 19.1 Å². The molecule has 0 amide bonds. The molecule has 0 aromatic carbocycles. The number of rotatable bonds is 2. The first-order valence-electron chi connectivity index (χ1n) is 12.6. The monoisotopic (exact) mass is 507 g/mol. The predicted molar refractivity (Wildman–Crippen MR) is 136 cm³/mol. The lowest BCUT2D eigenvalue weighted by Gasteiger charge is -2.34. The molecule has 7 nitrogen and oxygen atoms in total. The number of aliphatic hydroxyl groups is 2. The Hall–Kier alpha value is -1.61. The SMILES string of the molecule is C/C(=C\c1csc(C)n1)C1CC2OC2(C)CCCC(C)C(O)C(C)C(=O)C(C)(C)[C@@H](O)CC(=O)O1. The lowest BCUT2D eigenvalue weighted by Crippen LogP contribution is -2.45. The quantitative estimate of drug-likeness (QED) is 0.449. The normalized spacial score (nSPS) is 37.5. The molecule has 196 valence electrons. The van der Waals surface area contributed by atoms with Crippen molar-refractivity contribution >= 4 is 29.2 Å². The molecule has 2 N–H and O–H groups in total. The Morgan fingerprint density at radius 3 is 2.54 bits per heavy atom. The van der Waals surface area contributed by atoms with Crippen molar-refractivity contribution in [2.45, 2.75) is 111 Å². The Balaban J connectivity index is 1.85. The van der Waals surface area contributed by atoms with Gasteiger partial charge in [-0.25, -0.2) is 4.98 Å². The van der Waals surface area contributed by atoms with Gasteiger partial charge in [-0.2, -0.15) is 0 Å². The molecular formula is C27H41NO6S. The minimum Gasteiger partial charge on any atom is -0.458 e. The zero-order valence-electron chi connectivity index (χ0n) is 22.0. The number of aliphatic hydroxyl groups excluding tert-OH is 2. The van der Waals surface area contributed by atoms with E-state index >= 15 is 0 Å². The molecule has 0 aliphatic carbocycles. The van der Waals surface area contributed by atoms with Crippen molar-refractivity contribution in [3.05, 3.63) is 21.7 Å². The van der Waals surface area contributed by atoms with E-state index in [9.17, 15) is 19.8 Å². The molecule has 0 spiro atoms. The summed E-state index contributed by atoms with van der Waals surface area (Å²) >= 11 is 1.56. The van der Waals surface area contributed by atoms with E-state index in [1.807, 2.05) is 32.2 Å². The van der Waals surface area contributed by atoms with Crippen molar-refractivity contribution in [2.75, 3.05) is 0 Å². The summed E-state index contributed by atoms with van der Waals surface area (Å²) in [5, 5.41) is 24.6.